The molecule has 0 spiro atoms. The van der Waals surface area contributed by atoms with Crippen LogP contribution in [0, 0.1) is 23.6 Å². The quantitative estimate of drug-likeness (QED) is 0.494. The molecule has 3 saturated carbocycles. The zero-order valence-corrected chi connectivity index (χ0v) is 20.4. The number of nitrogen functional groups attached to an aromatic ring is 1. The van der Waals surface area contributed by atoms with Crippen molar-refractivity contribution in [3.63, 3.8) is 0 Å². The highest BCUT2D eigenvalue weighted by Crippen LogP contribution is 2.44. The molecule has 4 aliphatic rings. The van der Waals surface area contributed by atoms with Crippen LogP contribution in [-0.2, 0) is 16.0 Å². The lowest BCUT2D eigenvalue weighted by Gasteiger charge is -2.40. The third-order valence-electron chi connectivity index (χ3n) is 7.57. The summed E-state index contributed by atoms with van der Waals surface area (Å²) in [7, 11) is 0. The fraction of sp³-hybridized carbons (Fsp3) is 0.560. The highest BCUT2D eigenvalue weighted by atomic mass is 19.1. The first-order valence-corrected chi connectivity index (χ1v) is 12.7. The van der Waals surface area contributed by atoms with Gasteiger partial charge in [0.05, 0.1) is 36.6 Å². The van der Waals surface area contributed by atoms with Gasteiger partial charge in [0.25, 0.3) is 0 Å². The average Bonchev–Trinajstić information content (AvgIpc) is 3.35. The molecule has 10 nitrogen and oxygen atoms in total. The zero-order valence-electron chi connectivity index (χ0n) is 20.4. The van der Waals surface area contributed by atoms with Crippen molar-refractivity contribution in [2.24, 2.45) is 17.8 Å². The van der Waals surface area contributed by atoms with Gasteiger partial charge < -0.3 is 25.5 Å². The second-order valence-corrected chi connectivity index (χ2v) is 9.75. The molecule has 4 fully saturated rings. The van der Waals surface area contributed by atoms with Crippen molar-refractivity contribution in [3.05, 3.63) is 23.9 Å². The summed E-state index contributed by atoms with van der Waals surface area (Å²) in [6.07, 6.45) is 10.1. The number of nitrogens with zero attached hydrogens (tertiary/aromatic N) is 5. The number of nitrogens with one attached hydrogen (secondary N) is 1. The minimum absolute atomic E-state index is 0.00231. The Labute approximate surface area is 208 Å². The van der Waals surface area contributed by atoms with Crippen LogP contribution in [0.2, 0.25) is 0 Å². The number of rotatable bonds is 4. The highest BCUT2D eigenvalue weighted by molar-refractivity contribution is 5.88. The largest absolute Gasteiger partial charge is 0.481 e. The Kier molecular flexibility index (Phi) is 6.99. The van der Waals surface area contributed by atoms with E-state index in [4.69, 9.17) is 15.6 Å². The monoisotopic (exact) mass is 497 g/mol. The first kappa shape index (κ1) is 24.4. The summed E-state index contributed by atoms with van der Waals surface area (Å²) in [4.78, 5) is 33.1. The Morgan fingerprint density at radius 2 is 1.97 bits per heavy atom. The SMILES string of the molecule is CCc1cnc2[nH]cc(-c3nc(N)c(F)c(N4CCOCC4)n3)c2n1.O=C(O)C1CC2CCC1CC2. The van der Waals surface area contributed by atoms with Gasteiger partial charge in [-0.1, -0.05) is 19.8 Å². The molecule has 1 saturated heterocycles. The van der Waals surface area contributed by atoms with Crippen molar-refractivity contribution in [2.75, 3.05) is 36.9 Å². The topological polar surface area (TPSA) is 143 Å². The van der Waals surface area contributed by atoms with Crippen molar-refractivity contribution in [1.82, 2.24) is 24.9 Å². The lowest BCUT2D eigenvalue weighted by molar-refractivity contribution is -0.147. The molecule has 0 aromatic carbocycles. The fourth-order valence-corrected chi connectivity index (χ4v) is 5.51. The van der Waals surface area contributed by atoms with Gasteiger partial charge in [-0.05, 0) is 37.5 Å². The van der Waals surface area contributed by atoms with Gasteiger partial charge >= 0.3 is 5.97 Å². The van der Waals surface area contributed by atoms with Crippen LogP contribution >= 0.6 is 0 Å². The number of aryl methyl sites for hydroxylation is 1. The molecule has 36 heavy (non-hydrogen) atoms. The molecular weight excluding hydrogens is 465 g/mol. The van der Waals surface area contributed by atoms with Crippen LogP contribution in [0.15, 0.2) is 12.4 Å². The normalized spacial score (nSPS) is 23.4. The second kappa shape index (κ2) is 10.3. The molecule has 4 heterocycles. The summed E-state index contributed by atoms with van der Waals surface area (Å²) in [5.41, 5.74) is 8.60. The highest BCUT2D eigenvalue weighted by Gasteiger charge is 2.39. The summed E-state index contributed by atoms with van der Waals surface area (Å²) >= 11 is 0. The standard InChI is InChI=1S/C16H18FN7O.C9H14O2/c1-2-9-7-19-15-12(21-9)10(8-20-15)14-22-13(18)11(17)16(23-14)24-3-5-25-6-4-24;10-9(11)8-5-6-1-3-7(8)4-2-6/h7-8H,2-6H2,1H3,(H,19,20)(H2,18,22,23);6-8H,1-5H2,(H,10,11). The van der Waals surface area contributed by atoms with Gasteiger partial charge in [-0.25, -0.2) is 19.9 Å². The van der Waals surface area contributed by atoms with Crippen LogP contribution in [0.1, 0.15) is 44.7 Å². The maximum atomic E-state index is 14.5. The molecule has 4 N–H and O–H groups in total. The number of morpholine rings is 1. The van der Waals surface area contributed by atoms with E-state index < -0.39 is 11.8 Å². The van der Waals surface area contributed by atoms with Gasteiger partial charge in [-0.3, -0.25) is 4.79 Å². The lowest BCUT2D eigenvalue weighted by atomic mass is 9.65. The van der Waals surface area contributed by atoms with Crippen LogP contribution in [0.5, 0.6) is 0 Å². The number of aliphatic carboxylic acids is 1. The Hall–Kier alpha value is -3.34. The van der Waals surface area contributed by atoms with E-state index in [0.29, 0.717) is 54.8 Å². The lowest BCUT2D eigenvalue weighted by Crippen LogP contribution is -2.37. The van der Waals surface area contributed by atoms with E-state index in [0.717, 1.165) is 24.5 Å². The number of aromatic amines is 1. The van der Waals surface area contributed by atoms with E-state index in [2.05, 4.69) is 24.9 Å². The number of fused-ring (bicyclic) bond motifs is 4. The number of carboxylic acids is 1. The summed E-state index contributed by atoms with van der Waals surface area (Å²) in [5, 5.41) is 8.86. The van der Waals surface area contributed by atoms with Gasteiger partial charge in [0, 0.05) is 19.3 Å². The number of carbonyl (C=O) groups is 1. The maximum absolute atomic E-state index is 14.5. The number of nitrogens with two attached hydrogens (primary N) is 1. The number of H-pyrrole nitrogens is 1. The minimum Gasteiger partial charge on any atom is -0.481 e. The predicted molar refractivity (Wildman–Crippen MR) is 133 cm³/mol. The molecule has 3 aromatic heterocycles. The summed E-state index contributed by atoms with van der Waals surface area (Å²) in [6.45, 7) is 4.17. The van der Waals surface area contributed by atoms with E-state index in [9.17, 15) is 9.18 Å². The predicted octanol–water partition coefficient (Wildman–Crippen LogP) is 3.43. The molecule has 1 atom stereocenters. The smallest absolute Gasteiger partial charge is 0.306 e. The number of hydrogen-bond donors (Lipinski definition) is 3. The minimum atomic E-state index is -0.606. The molecule has 3 aromatic rings. The Bertz CT molecular complexity index is 1240. The van der Waals surface area contributed by atoms with Crippen LogP contribution in [-0.4, -0.2) is 62.3 Å². The Balaban J connectivity index is 0.000000202. The molecule has 11 heteroatoms. The number of anilines is 2. The number of ether oxygens (including phenoxy) is 1. The van der Waals surface area contributed by atoms with Gasteiger partial charge in [-0.15, -0.1) is 0 Å². The molecule has 1 aliphatic heterocycles. The number of halogens is 1. The molecule has 7 rings (SSSR count). The number of aromatic nitrogens is 5. The summed E-state index contributed by atoms with van der Waals surface area (Å²) in [5.74, 6) is 0.431. The Morgan fingerprint density at radius 3 is 2.58 bits per heavy atom. The van der Waals surface area contributed by atoms with Gasteiger partial charge in [-0.2, -0.15) is 4.39 Å². The van der Waals surface area contributed by atoms with Crippen LogP contribution in [0.3, 0.4) is 0 Å². The van der Waals surface area contributed by atoms with Crippen molar-refractivity contribution < 1.29 is 19.0 Å². The van der Waals surface area contributed by atoms with E-state index in [1.165, 1.54) is 25.7 Å². The average molecular weight is 498 g/mol. The van der Waals surface area contributed by atoms with Gasteiger partial charge in [0.15, 0.2) is 23.1 Å². The van der Waals surface area contributed by atoms with Crippen molar-refractivity contribution >= 4 is 28.8 Å². The van der Waals surface area contributed by atoms with E-state index in [1.807, 2.05) is 11.8 Å². The first-order chi connectivity index (χ1) is 17.4. The molecule has 1 unspecified atom stereocenters. The van der Waals surface area contributed by atoms with Gasteiger partial charge in [0.1, 0.15) is 5.52 Å². The van der Waals surface area contributed by atoms with Crippen molar-refractivity contribution in [3.8, 4) is 11.4 Å². The molecule has 0 amide bonds. The maximum Gasteiger partial charge on any atom is 0.306 e. The fourth-order valence-electron chi connectivity index (χ4n) is 5.51. The Morgan fingerprint density at radius 1 is 1.22 bits per heavy atom. The second-order valence-electron chi connectivity index (χ2n) is 9.75. The van der Waals surface area contributed by atoms with E-state index in [-0.39, 0.29) is 17.6 Å². The third-order valence-corrected chi connectivity index (χ3v) is 7.57. The third kappa shape index (κ3) is 4.84. The molecule has 3 aliphatic carbocycles. The van der Waals surface area contributed by atoms with E-state index >= 15 is 0 Å². The molecular formula is C25H32FN7O3. The summed E-state index contributed by atoms with van der Waals surface area (Å²) in [6, 6.07) is 0. The van der Waals surface area contributed by atoms with Crippen LogP contribution in [0.25, 0.3) is 22.6 Å². The van der Waals surface area contributed by atoms with Crippen LogP contribution in [0.4, 0.5) is 16.0 Å². The molecule has 192 valence electrons. The number of hydrogen-bond acceptors (Lipinski definition) is 8. The molecule has 2 bridgehead atoms. The van der Waals surface area contributed by atoms with E-state index in [1.54, 1.807) is 12.4 Å². The molecule has 0 radical (unpaired) electrons. The van der Waals surface area contributed by atoms with Gasteiger partial charge in [0.2, 0.25) is 5.82 Å². The van der Waals surface area contributed by atoms with Crippen LogP contribution < -0.4 is 10.6 Å². The summed E-state index contributed by atoms with van der Waals surface area (Å²) < 4.78 is 19.8. The number of carboxylic acid groups (broad SMARTS) is 1. The first-order valence-electron chi connectivity index (χ1n) is 12.7. The zero-order chi connectivity index (χ0) is 25.2. The van der Waals surface area contributed by atoms with Crippen molar-refractivity contribution in [2.45, 2.75) is 45.4 Å². The van der Waals surface area contributed by atoms with Crippen molar-refractivity contribution in [1.29, 1.82) is 0 Å².